The van der Waals surface area contributed by atoms with E-state index in [0.29, 0.717) is 5.11 Å². The molecule has 2 unspecified atom stereocenters. The molecule has 1 N–H and O–H groups in total. The monoisotopic (exact) mass is 530 g/mol. The van der Waals surface area contributed by atoms with E-state index in [4.69, 9.17) is 17.2 Å². The highest BCUT2D eigenvalue weighted by molar-refractivity contribution is 9.10. The minimum absolute atomic E-state index is 0.0352. The Balaban J connectivity index is 1.70. The number of nitrogens with zero attached hydrogens (tertiary/aromatic N) is 3. The fourth-order valence-corrected chi connectivity index (χ4v) is 5.59. The van der Waals surface area contributed by atoms with Crippen molar-refractivity contribution in [3.63, 3.8) is 0 Å². The van der Waals surface area contributed by atoms with Crippen LogP contribution in [0.3, 0.4) is 0 Å². The van der Waals surface area contributed by atoms with Crippen molar-refractivity contribution in [2.24, 2.45) is 0 Å². The number of thiocarbonyl (C=S) groups is 1. The van der Waals surface area contributed by atoms with Crippen molar-refractivity contribution in [3.8, 4) is 5.69 Å². The van der Waals surface area contributed by atoms with E-state index in [2.05, 4.69) is 113 Å². The van der Waals surface area contributed by atoms with E-state index in [1.807, 2.05) is 18.3 Å². The first kappa shape index (κ1) is 22.8. The molecule has 2 atom stereocenters. The Morgan fingerprint density at radius 1 is 0.912 bits per heavy atom. The number of nitrogens with one attached hydrogen (secondary N) is 1. The number of hydrogen-bond acceptors (Lipinski definition) is 2. The summed E-state index contributed by atoms with van der Waals surface area (Å²) in [6.45, 7) is 8.65. The van der Waals surface area contributed by atoms with Crippen molar-refractivity contribution >= 4 is 38.9 Å². The minimum Gasteiger partial charge on any atom is -0.351 e. The Kier molecular flexibility index (Phi) is 6.04. The largest absolute Gasteiger partial charge is 0.351 e. The molecule has 0 radical (unpaired) electrons. The van der Waals surface area contributed by atoms with E-state index in [9.17, 15) is 0 Å². The predicted molar refractivity (Wildman–Crippen MR) is 147 cm³/mol. The van der Waals surface area contributed by atoms with Crippen molar-refractivity contribution in [3.05, 3.63) is 111 Å². The molecule has 0 aliphatic carbocycles. The van der Waals surface area contributed by atoms with Crippen molar-refractivity contribution in [1.82, 2.24) is 14.9 Å². The summed E-state index contributed by atoms with van der Waals surface area (Å²) in [7, 11) is 0. The number of halogens is 1. The summed E-state index contributed by atoms with van der Waals surface area (Å²) in [6.07, 6.45) is 1.85. The van der Waals surface area contributed by atoms with Crippen LogP contribution in [0.15, 0.2) is 77.4 Å². The summed E-state index contributed by atoms with van der Waals surface area (Å²) in [5, 5.41) is 4.29. The molecule has 1 aliphatic heterocycles. The molecule has 172 valence electrons. The highest BCUT2D eigenvalue weighted by Crippen LogP contribution is 2.44. The number of pyridine rings is 1. The fraction of sp³-hybridized carbons (Fsp3) is 0.214. The zero-order valence-electron chi connectivity index (χ0n) is 19.7. The molecule has 1 saturated heterocycles. The first-order valence-electron chi connectivity index (χ1n) is 11.4. The van der Waals surface area contributed by atoms with Gasteiger partial charge in [-0.2, -0.15) is 0 Å². The second kappa shape index (κ2) is 9.01. The maximum Gasteiger partial charge on any atom is 0.174 e. The van der Waals surface area contributed by atoms with Crippen LogP contribution in [0.25, 0.3) is 5.69 Å². The molecule has 6 heteroatoms. The molecule has 0 amide bonds. The zero-order chi connectivity index (χ0) is 24.0. The maximum absolute atomic E-state index is 5.92. The summed E-state index contributed by atoms with van der Waals surface area (Å²) in [6, 6.07) is 23.2. The lowest BCUT2D eigenvalue weighted by molar-refractivity contribution is 0.565. The van der Waals surface area contributed by atoms with E-state index in [-0.39, 0.29) is 12.1 Å². The highest BCUT2D eigenvalue weighted by atomic mass is 79.9. The smallest absolute Gasteiger partial charge is 0.174 e. The van der Waals surface area contributed by atoms with Gasteiger partial charge in [-0.3, -0.25) is 4.98 Å². The van der Waals surface area contributed by atoms with Crippen LogP contribution in [-0.2, 0) is 0 Å². The SMILES string of the molecule is Cc1cc(N2C(=S)NC(c3ccccn3)C2c2cc(C)n(-c3ccccc3C)c2C)ccc1Br. The first-order valence-corrected chi connectivity index (χ1v) is 12.6. The van der Waals surface area contributed by atoms with Gasteiger partial charge in [-0.25, -0.2) is 0 Å². The fourth-order valence-electron chi connectivity index (χ4n) is 5.00. The summed E-state index contributed by atoms with van der Waals surface area (Å²) in [5.41, 5.74) is 9.33. The average molecular weight is 532 g/mol. The third-order valence-corrected chi connectivity index (χ3v) is 7.87. The molecular weight excluding hydrogens is 504 g/mol. The third kappa shape index (κ3) is 3.85. The molecular formula is C28H27BrN4S. The lowest BCUT2D eigenvalue weighted by atomic mass is 9.96. The number of para-hydroxylation sites is 1. The maximum atomic E-state index is 5.92. The topological polar surface area (TPSA) is 33.1 Å². The van der Waals surface area contributed by atoms with Crippen LogP contribution in [-0.4, -0.2) is 14.7 Å². The molecule has 4 nitrogen and oxygen atoms in total. The summed E-state index contributed by atoms with van der Waals surface area (Å²) in [4.78, 5) is 6.95. The average Bonchev–Trinajstić information content (AvgIpc) is 3.32. The summed E-state index contributed by atoms with van der Waals surface area (Å²) < 4.78 is 3.44. The molecule has 2 aromatic carbocycles. The lowest BCUT2D eigenvalue weighted by Gasteiger charge is -2.28. The minimum atomic E-state index is -0.0662. The Morgan fingerprint density at radius 3 is 2.38 bits per heavy atom. The van der Waals surface area contributed by atoms with Gasteiger partial charge in [-0.05, 0) is 99.1 Å². The zero-order valence-corrected chi connectivity index (χ0v) is 22.1. The van der Waals surface area contributed by atoms with Crippen LogP contribution in [0.1, 0.15) is 45.9 Å². The molecule has 34 heavy (non-hydrogen) atoms. The molecule has 0 spiro atoms. The van der Waals surface area contributed by atoms with Gasteiger partial charge in [0.05, 0.1) is 17.8 Å². The van der Waals surface area contributed by atoms with Crippen molar-refractivity contribution < 1.29 is 0 Å². The van der Waals surface area contributed by atoms with Gasteiger partial charge in [0.2, 0.25) is 0 Å². The van der Waals surface area contributed by atoms with Gasteiger partial charge in [0, 0.05) is 33.4 Å². The van der Waals surface area contributed by atoms with Gasteiger partial charge >= 0.3 is 0 Å². The number of benzene rings is 2. The molecule has 0 saturated carbocycles. The van der Waals surface area contributed by atoms with Crippen LogP contribution in [0.2, 0.25) is 0 Å². The normalized spacial score (nSPS) is 17.8. The van der Waals surface area contributed by atoms with E-state index in [1.165, 1.54) is 33.8 Å². The van der Waals surface area contributed by atoms with Gasteiger partial charge in [0.25, 0.3) is 0 Å². The second-order valence-corrected chi connectivity index (χ2v) is 10.1. The predicted octanol–water partition coefficient (Wildman–Crippen LogP) is 7.05. The van der Waals surface area contributed by atoms with Crippen molar-refractivity contribution in [2.45, 2.75) is 39.8 Å². The summed E-state index contributed by atoms with van der Waals surface area (Å²) in [5.74, 6) is 0. The Hall–Kier alpha value is -2.96. The molecule has 2 aromatic heterocycles. The number of hydrogen-bond donors (Lipinski definition) is 1. The Bertz CT molecular complexity index is 1380. The van der Waals surface area contributed by atoms with E-state index < -0.39 is 0 Å². The van der Waals surface area contributed by atoms with Crippen LogP contribution in [0, 0.1) is 27.7 Å². The van der Waals surface area contributed by atoms with Crippen molar-refractivity contribution in [1.29, 1.82) is 0 Å². The third-order valence-electron chi connectivity index (χ3n) is 6.66. The number of anilines is 1. The van der Waals surface area contributed by atoms with Crippen LogP contribution in [0.4, 0.5) is 5.69 Å². The van der Waals surface area contributed by atoms with Gasteiger partial charge in [0.15, 0.2) is 5.11 Å². The van der Waals surface area contributed by atoms with E-state index >= 15 is 0 Å². The quantitative estimate of drug-likeness (QED) is 0.286. The van der Waals surface area contributed by atoms with Gasteiger partial charge < -0.3 is 14.8 Å². The summed E-state index contributed by atoms with van der Waals surface area (Å²) >= 11 is 9.56. The molecule has 1 aliphatic rings. The standard InChI is InChI=1S/C28H27BrN4S/c1-17-9-5-6-11-25(17)32-19(3)16-22(20(32)4)27-26(24-10-7-8-14-30-24)31-28(34)33(27)21-12-13-23(29)18(2)15-21/h5-16,26-27H,1-4H3,(H,31,34). The lowest BCUT2D eigenvalue weighted by Crippen LogP contribution is -2.29. The van der Waals surface area contributed by atoms with Gasteiger partial charge in [0.1, 0.15) is 0 Å². The molecule has 4 aromatic rings. The number of aryl methyl sites for hydroxylation is 3. The van der Waals surface area contributed by atoms with Crippen LogP contribution < -0.4 is 10.2 Å². The van der Waals surface area contributed by atoms with Gasteiger partial charge in [-0.1, -0.05) is 40.2 Å². The molecule has 3 heterocycles. The number of aromatic nitrogens is 2. The Morgan fingerprint density at radius 2 is 1.68 bits per heavy atom. The highest BCUT2D eigenvalue weighted by Gasteiger charge is 2.42. The molecule has 0 bridgehead atoms. The van der Waals surface area contributed by atoms with E-state index in [1.54, 1.807) is 0 Å². The second-order valence-electron chi connectivity index (χ2n) is 8.88. The van der Waals surface area contributed by atoms with Crippen LogP contribution >= 0.6 is 28.1 Å². The first-order chi connectivity index (χ1) is 16.4. The Labute approximate surface area is 214 Å². The van der Waals surface area contributed by atoms with E-state index in [0.717, 1.165) is 15.9 Å². The van der Waals surface area contributed by atoms with Crippen LogP contribution in [0.5, 0.6) is 0 Å². The molecule has 1 fully saturated rings. The molecule has 5 rings (SSSR count). The number of rotatable bonds is 4. The van der Waals surface area contributed by atoms with Crippen molar-refractivity contribution in [2.75, 3.05) is 4.90 Å². The van der Waals surface area contributed by atoms with Gasteiger partial charge in [-0.15, -0.1) is 0 Å².